The van der Waals surface area contributed by atoms with Crippen molar-refractivity contribution in [3.8, 4) is 5.69 Å². The third kappa shape index (κ3) is 5.45. The van der Waals surface area contributed by atoms with Gasteiger partial charge in [-0.25, -0.2) is 0 Å². The van der Waals surface area contributed by atoms with Crippen molar-refractivity contribution >= 4 is 17.7 Å². The lowest BCUT2D eigenvalue weighted by molar-refractivity contribution is -0.119. The summed E-state index contributed by atoms with van der Waals surface area (Å²) in [5.74, 6) is 1.14. The first kappa shape index (κ1) is 20.1. The van der Waals surface area contributed by atoms with Crippen molar-refractivity contribution in [1.29, 1.82) is 0 Å². The molecule has 1 aromatic heterocycles. The van der Waals surface area contributed by atoms with Crippen LogP contribution in [0.3, 0.4) is 0 Å². The van der Waals surface area contributed by atoms with Crippen molar-refractivity contribution < 1.29 is 4.79 Å². The van der Waals surface area contributed by atoms with E-state index in [0.29, 0.717) is 5.75 Å². The Morgan fingerprint density at radius 2 is 1.79 bits per heavy atom. The topological polar surface area (TPSA) is 59.8 Å². The molecule has 146 valence electrons. The number of nitrogens with zero attached hydrogens (tertiary/aromatic N) is 3. The summed E-state index contributed by atoms with van der Waals surface area (Å²) >= 11 is 1.41. The lowest BCUT2D eigenvalue weighted by atomic mass is 10.1. The number of carbonyl (C=O) groups excluding carboxylic acids is 1. The minimum Gasteiger partial charge on any atom is -0.353 e. The predicted octanol–water partition coefficient (Wildman–Crippen LogP) is 4.11. The molecule has 0 aliphatic carbocycles. The number of aromatic nitrogens is 3. The van der Waals surface area contributed by atoms with E-state index >= 15 is 0 Å². The molecule has 0 spiro atoms. The second-order valence-corrected chi connectivity index (χ2v) is 7.92. The maximum absolute atomic E-state index is 12.3. The van der Waals surface area contributed by atoms with Gasteiger partial charge in [0.1, 0.15) is 5.82 Å². The molecule has 28 heavy (non-hydrogen) atoms. The number of hydrogen-bond donors (Lipinski definition) is 1. The number of aryl methyl sites for hydroxylation is 3. The highest BCUT2D eigenvalue weighted by Gasteiger charge is 2.14. The highest BCUT2D eigenvalue weighted by atomic mass is 32.2. The summed E-state index contributed by atoms with van der Waals surface area (Å²) in [6.07, 6.45) is 1.87. The molecule has 0 bridgehead atoms. The molecule has 0 saturated heterocycles. The monoisotopic (exact) mass is 394 g/mol. The highest BCUT2D eigenvalue weighted by molar-refractivity contribution is 7.99. The van der Waals surface area contributed by atoms with Gasteiger partial charge in [0.05, 0.1) is 5.75 Å². The first-order chi connectivity index (χ1) is 13.5. The van der Waals surface area contributed by atoms with Crippen molar-refractivity contribution in [2.45, 2.75) is 44.8 Å². The molecule has 0 fully saturated rings. The highest BCUT2D eigenvalue weighted by Crippen LogP contribution is 2.22. The minimum absolute atomic E-state index is 0.0154. The van der Waals surface area contributed by atoms with Crippen molar-refractivity contribution in [2.24, 2.45) is 0 Å². The van der Waals surface area contributed by atoms with Crippen molar-refractivity contribution in [3.63, 3.8) is 0 Å². The average Bonchev–Trinajstić information content (AvgIpc) is 3.07. The molecule has 5 nitrogen and oxygen atoms in total. The minimum atomic E-state index is 0.0154. The Morgan fingerprint density at radius 1 is 1.07 bits per heavy atom. The Balaban J connectivity index is 1.53. The second-order valence-electron chi connectivity index (χ2n) is 6.98. The molecule has 1 atom stereocenters. The van der Waals surface area contributed by atoms with E-state index in [2.05, 4.69) is 46.7 Å². The third-order valence-electron chi connectivity index (χ3n) is 4.54. The molecule has 1 N–H and O–H groups in total. The maximum atomic E-state index is 12.3. The van der Waals surface area contributed by atoms with E-state index in [1.54, 1.807) is 0 Å². The summed E-state index contributed by atoms with van der Waals surface area (Å²) in [6.45, 7) is 6.02. The summed E-state index contributed by atoms with van der Waals surface area (Å²) in [4.78, 5) is 12.3. The number of rotatable bonds is 8. The summed E-state index contributed by atoms with van der Waals surface area (Å²) in [5.41, 5.74) is 3.50. The van der Waals surface area contributed by atoms with Crippen LogP contribution in [0.15, 0.2) is 59.8 Å². The third-order valence-corrected chi connectivity index (χ3v) is 5.46. The standard InChI is InChI=1S/C22H26N4OS/c1-16-9-13-20(14-10-16)26-18(3)24-25-22(26)28-15-21(27)23-17(2)11-12-19-7-5-4-6-8-19/h4-10,13-14,17H,11-12,15H2,1-3H3,(H,23,27)/t17-/m0/s1. The zero-order chi connectivity index (χ0) is 19.9. The largest absolute Gasteiger partial charge is 0.353 e. The van der Waals surface area contributed by atoms with Gasteiger partial charge < -0.3 is 5.32 Å². The van der Waals surface area contributed by atoms with E-state index < -0.39 is 0 Å². The first-order valence-corrected chi connectivity index (χ1v) is 10.5. The van der Waals surface area contributed by atoms with Crippen LogP contribution in [-0.4, -0.2) is 32.5 Å². The number of nitrogens with one attached hydrogen (secondary N) is 1. The van der Waals surface area contributed by atoms with Gasteiger partial charge in [-0.2, -0.15) is 0 Å². The fourth-order valence-electron chi connectivity index (χ4n) is 2.97. The van der Waals surface area contributed by atoms with Gasteiger partial charge in [0.2, 0.25) is 5.91 Å². The predicted molar refractivity (Wildman–Crippen MR) is 114 cm³/mol. The SMILES string of the molecule is Cc1ccc(-n2c(C)nnc2SCC(=O)N[C@@H](C)CCc2ccccc2)cc1. The smallest absolute Gasteiger partial charge is 0.230 e. The Labute approximate surface area is 170 Å². The number of amides is 1. The van der Waals surface area contributed by atoms with E-state index in [1.165, 1.54) is 22.9 Å². The van der Waals surface area contributed by atoms with Crippen LogP contribution < -0.4 is 5.32 Å². The Bertz CT molecular complexity index is 906. The van der Waals surface area contributed by atoms with Gasteiger partial charge in [0.15, 0.2) is 5.16 Å². The summed E-state index contributed by atoms with van der Waals surface area (Å²) in [5, 5.41) is 12.2. The molecule has 3 rings (SSSR count). The van der Waals surface area contributed by atoms with Crippen LogP contribution >= 0.6 is 11.8 Å². The summed E-state index contributed by atoms with van der Waals surface area (Å²) in [7, 11) is 0. The van der Waals surface area contributed by atoms with E-state index in [-0.39, 0.29) is 11.9 Å². The van der Waals surface area contributed by atoms with E-state index in [9.17, 15) is 4.79 Å². The van der Waals surface area contributed by atoms with Gasteiger partial charge in [0, 0.05) is 11.7 Å². The molecule has 0 unspecified atom stereocenters. The fraction of sp³-hybridized carbons (Fsp3) is 0.318. The molecular formula is C22H26N4OS. The van der Waals surface area contributed by atoms with Crippen LogP contribution in [0.25, 0.3) is 5.69 Å². The Hall–Kier alpha value is -2.60. The van der Waals surface area contributed by atoms with Crippen molar-refractivity contribution in [1.82, 2.24) is 20.1 Å². The average molecular weight is 395 g/mol. The number of benzene rings is 2. The second kappa shape index (κ2) is 9.55. The summed E-state index contributed by atoms with van der Waals surface area (Å²) in [6, 6.07) is 18.7. The molecule has 0 aliphatic rings. The van der Waals surface area contributed by atoms with Crippen LogP contribution in [0.5, 0.6) is 0 Å². The summed E-state index contributed by atoms with van der Waals surface area (Å²) < 4.78 is 1.98. The lowest BCUT2D eigenvalue weighted by Crippen LogP contribution is -2.34. The molecular weight excluding hydrogens is 368 g/mol. The van der Waals surface area contributed by atoms with E-state index in [4.69, 9.17) is 0 Å². The normalized spacial score (nSPS) is 12.0. The maximum Gasteiger partial charge on any atom is 0.230 e. The van der Waals surface area contributed by atoms with Gasteiger partial charge >= 0.3 is 0 Å². The van der Waals surface area contributed by atoms with E-state index in [1.807, 2.05) is 48.7 Å². The molecule has 0 saturated carbocycles. The van der Waals surface area contributed by atoms with Gasteiger partial charge in [-0.15, -0.1) is 10.2 Å². The van der Waals surface area contributed by atoms with Gasteiger partial charge in [-0.1, -0.05) is 59.8 Å². The van der Waals surface area contributed by atoms with Crippen LogP contribution in [-0.2, 0) is 11.2 Å². The molecule has 1 amide bonds. The first-order valence-electron chi connectivity index (χ1n) is 9.48. The lowest BCUT2D eigenvalue weighted by Gasteiger charge is -2.14. The van der Waals surface area contributed by atoms with Crippen LogP contribution in [0, 0.1) is 13.8 Å². The van der Waals surface area contributed by atoms with Crippen LogP contribution in [0.4, 0.5) is 0 Å². The quantitative estimate of drug-likeness (QED) is 0.584. The number of hydrogen-bond acceptors (Lipinski definition) is 4. The Kier molecular flexibility index (Phi) is 6.87. The van der Waals surface area contributed by atoms with Crippen molar-refractivity contribution in [2.75, 3.05) is 5.75 Å². The number of carbonyl (C=O) groups is 1. The van der Waals surface area contributed by atoms with Gasteiger partial charge in [-0.05, 0) is 51.3 Å². The van der Waals surface area contributed by atoms with E-state index in [0.717, 1.165) is 29.5 Å². The van der Waals surface area contributed by atoms with Crippen molar-refractivity contribution in [3.05, 3.63) is 71.5 Å². The molecule has 0 radical (unpaired) electrons. The molecule has 0 aliphatic heterocycles. The molecule has 6 heteroatoms. The van der Waals surface area contributed by atoms with Crippen LogP contribution in [0.2, 0.25) is 0 Å². The zero-order valence-corrected chi connectivity index (χ0v) is 17.4. The molecule has 3 aromatic rings. The fourth-order valence-corrected chi connectivity index (χ4v) is 3.78. The Morgan fingerprint density at radius 3 is 2.50 bits per heavy atom. The van der Waals surface area contributed by atoms with Gasteiger partial charge in [-0.3, -0.25) is 9.36 Å². The molecule has 1 heterocycles. The number of thioether (sulfide) groups is 1. The van der Waals surface area contributed by atoms with Crippen LogP contribution in [0.1, 0.15) is 30.3 Å². The zero-order valence-electron chi connectivity index (χ0n) is 16.6. The molecule has 2 aromatic carbocycles. The van der Waals surface area contributed by atoms with Gasteiger partial charge in [0.25, 0.3) is 0 Å².